The van der Waals surface area contributed by atoms with Gasteiger partial charge in [-0.25, -0.2) is 0 Å². The first kappa shape index (κ1) is 39.8. The molecule has 0 bridgehead atoms. The molecule has 242 valence electrons. The lowest BCUT2D eigenvalue weighted by molar-refractivity contribution is -0.132. The highest BCUT2D eigenvalue weighted by Gasteiger charge is 2.28. The highest BCUT2D eigenvalue weighted by Crippen LogP contribution is 2.15. The van der Waals surface area contributed by atoms with Crippen molar-refractivity contribution in [2.45, 2.75) is 186 Å². The molecule has 0 aliphatic rings. The second kappa shape index (κ2) is 30.3. The Hall–Kier alpha value is -1.21. The Morgan fingerprint density at radius 2 is 1.10 bits per heavy atom. The molecule has 5 N–H and O–H groups in total. The molecule has 0 radical (unpaired) electrons. The van der Waals surface area contributed by atoms with E-state index in [0.29, 0.717) is 19.3 Å². The predicted octanol–water partition coefficient (Wildman–Crippen LogP) is 7.67. The van der Waals surface area contributed by atoms with E-state index in [1.165, 1.54) is 89.9 Å². The zero-order valence-corrected chi connectivity index (χ0v) is 26.8. The van der Waals surface area contributed by atoms with Gasteiger partial charge in [-0.15, -0.1) is 0 Å². The lowest BCUT2D eigenvalue weighted by Crippen LogP contribution is -2.53. The van der Waals surface area contributed by atoms with Crippen LogP contribution in [0.4, 0.5) is 0 Å². The lowest BCUT2D eigenvalue weighted by atomic mass is 10.00. The predicted molar refractivity (Wildman–Crippen MR) is 173 cm³/mol. The molecule has 0 spiro atoms. The molecule has 0 saturated carbocycles. The van der Waals surface area contributed by atoms with Gasteiger partial charge in [-0.05, 0) is 45.4 Å². The average molecular weight is 582 g/mol. The first-order chi connectivity index (χ1) is 20.0. The summed E-state index contributed by atoms with van der Waals surface area (Å²) in [5.74, 6) is -0.601. The molecule has 41 heavy (non-hydrogen) atoms. The van der Waals surface area contributed by atoms with Crippen LogP contribution in [-0.4, -0.2) is 57.3 Å². The summed E-state index contributed by atoms with van der Waals surface area (Å²) in [5, 5.41) is 43.1. The van der Waals surface area contributed by atoms with Gasteiger partial charge in [-0.1, -0.05) is 140 Å². The van der Waals surface area contributed by atoms with E-state index in [2.05, 4.69) is 30.5 Å². The van der Waals surface area contributed by atoms with Crippen LogP contribution in [0.25, 0.3) is 0 Å². The van der Waals surface area contributed by atoms with Crippen LogP contribution < -0.4 is 5.32 Å². The molecule has 0 aliphatic carbocycles. The number of hydrogen-bond donors (Lipinski definition) is 5. The number of allylic oxidation sites excluding steroid dienone is 4. The Labute approximate surface area is 253 Å². The molecule has 4 unspecified atom stereocenters. The molecule has 0 fully saturated rings. The van der Waals surface area contributed by atoms with Gasteiger partial charge in [0.25, 0.3) is 0 Å². The highest BCUT2D eigenvalue weighted by molar-refractivity contribution is 5.80. The van der Waals surface area contributed by atoms with Gasteiger partial charge >= 0.3 is 0 Å². The maximum absolute atomic E-state index is 12.4. The quantitative estimate of drug-likeness (QED) is 0.0442. The summed E-state index contributed by atoms with van der Waals surface area (Å²) in [5.41, 5.74) is 0. The number of aliphatic hydroxyl groups excluding tert-OH is 4. The van der Waals surface area contributed by atoms with Crippen molar-refractivity contribution < 1.29 is 25.2 Å². The summed E-state index contributed by atoms with van der Waals surface area (Å²) in [7, 11) is 0. The fourth-order valence-electron chi connectivity index (χ4n) is 5.19. The van der Waals surface area contributed by atoms with E-state index in [-0.39, 0.29) is 0 Å². The van der Waals surface area contributed by atoms with E-state index >= 15 is 0 Å². The van der Waals surface area contributed by atoms with Crippen molar-refractivity contribution in [1.82, 2.24) is 5.32 Å². The Balaban J connectivity index is 3.79. The minimum Gasteiger partial charge on any atom is -0.394 e. The van der Waals surface area contributed by atoms with E-state index in [9.17, 15) is 25.2 Å². The maximum atomic E-state index is 12.4. The summed E-state index contributed by atoms with van der Waals surface area (Å²) in [6.07, 6.45) is 30.9. The lowest BCUT2D eigenvalue weighted by Gasteiger charge is -2.27. The second-order valence-electron chi connectivity index (χ2n) is 11.9. The van der Waals surface area contributed by atoms with Gasteiger partial charge < -0.3 is 25.7 Å². The molecule has 0 rings (SSSR count). The normalized spacial score (nSPS) is 15.0. The largest absolute Gasteiger partial charge is 0.394 e. The van der Waals surface area contributed by atoms with Crippen LogP contribution in [0, 0.1) is 0 Å². The zero-order chi connectivity index (χ0) is 30.4. The third-order valence-corrected chi connectivity index (χ3v) is 7.99. The molecule has 4 atom stereocenters. The van der Waals surface area contributed by atoms with Gasteiger partial charge in [0.05, 0.1) is 18.8 Å². The van der Waals surface area contributed by atoms with Gasteiger partial charge in [0.15, 0.2) is 0 Å². The molecule has 0 saturated heterocycles. The third-order valence-electron chi connectivity index (χ3n) is 7.99. The van der Waals surface area contributed by atoms with Crippen molar-refractivity contribution in [2.75, 3.05) is 6.61 Å². The molecular formula is C35H67NO5. The van der Waals surface area contributed by atoms with Crippen molar-refractivity contribution in [3.8, 4) is 0 Å². The van der Waals surface area contributed by atoms with Crippen LogP contribution in [0.5, 0.6) is 0 Å². The van der Waals surface area contributed by atoms with Crippen LogP contribution in [0.2, 0.25) is 0 Å². The molecule has 0 aromatic rings. The van der Waals surface area contributed by atoms with E-state index in [1.54, 1.807) is 0 Å². The third kappa shape index (κ3) is 25.0. The molecule has 6 heteroatoms. The van der Waals surface area contributed by atoms with Gasteiger partial charge in [0, 0.05) is 0 Å². The topological polar surface area (TPSA) is 110 Å². The SMILES string of the molecule is C/C=C/CC/C=C/CCCC(O)C(O)C(CO)NC(=O)C(O)CCCCCCCCCCCCCCCCCCC. The van der Waals surface area contributed by atoms with E-state index < -0.39 is 36.9 Å². The van der Waals surface area contributed by atoms with Crippen LogP contribution in [0.1, 0.15) is 162 Å². The zero-order valence-electron chi connectivity index (χ0n) is 26.8. The molecule has 0 aromatic heterocycles. The summed E-state index contributed by atoms with van der Waals surface area (Å²) < 4.78 is 0. The van der Waals surface area contributed by atoms with Gasteiger partial charge in [0.2, 0.25) is 5.91 Å². The molecule has 0 heterocycles. The number of carbonyl (C=O) groups excluding carboxylic acids is 1. The van der Waals surface area contributed by atoms with Gasteiger partial charge in [0.1, 0.15) is 12.2 Å². The fraction of sp³-hybridized carbons (Fsp3) is 0.857. The van der Waals surface area contributed by atoms with E-state index in [0.717, 1.165) is 38.5 Å². The Kier molecular flexibility index (Phi) is 29.4. The second-order valence-corrected chi connectivity index (χ2v) is 11.9. The first-order valence-electron chi connectivity index (χ1n) is 17.2. The Morgan fingerprint density at radius 1 is 0.634 bits per heavy atom. The van der Waals surface area contributed by atoms with Gasteiger partial charge in [-0.3, -0.25) is 4.79 Å². The van der Waals surface area contributed by atoms with E-state index in [1.807, 2.05) is 13.0 Å². The minimum absolute atomic E-state index is 0.363. The number of rotatable bonds is 30. The molecular weight excluding hydrogens is 514 g/mol. The van der Waals surface area contributed by atoms with Crippen molar-refractivity contribution in [1.29, 1.82) is 0 Å². The number of aliphatic hydroxyl groups is 4. The standard InChI is InChI=1S/C35H67NO5/c1-3-5-7-9-11-13-14-15-16-17-18-19-20-21-23-25-27-29-33(39)35(41)36-31(30-37)34(40)32(38)28-26-24-22-12-10-8-6-4-2/h4,6,12,22,31-34,37-40H,3,5,7-11,13-21,23-30H2,1-2H3,(H,36,41)/b6-4+,22-12+. The number of unbranched alkanes of at least 4 members (excludes halogenated alkanes) is 18. The van der Waals surface area contributed by atoms with Crippen molar-refractivity contribution in [2.24, 2.45) is 0 Å². The average Bonchev–Trinajstić information content (AvgIpc) is 2.98. The maximum Gasteiger partial charge on any atom is 0.249 e. The fourth-order valence-corrected chi connectivity index (χ4v) is 5.19. The Bertz CT molecular complexity index is 624. The van der Waals surface area contributed by atoms with Crippen LogP contribution >= 0.6 is 0 Å². The molecule has 1 amide bonds. The minimum atomic E-state index is -1.28. The van der Waals surface area contributed by atoms with E-state index in [4.69, 9.17) is 0 Å². The van der Waals surface area contributed by atoms with Crippen molar-refractivity contribution in [3.63, 3.8) is 0 Å². The number of nitrogens with one attached hydrogen (secondary N) is 1. The van der Waals surface area contributed by atoms with Crippen molar-refractivity contribution in [3.05, 3.63) is 24.3 Å². The summed E-state index contributed by atoms with van der Waals surface area (Å²) >= 11 is 0. The summed E-state index contributed by atoms with van der Waals surface area (Å²) in [6.45, 7) is 3.77. The number of hydrogen-bond acceptors (Lipinski definition) is 5. The van der Waals surface area contributed by atoms with Crippen LogP contribution in [0.15, 0.2) is 24.3 Å². The molecule has 0 aromatic carbocycles. The first-order valence-corrected chi connectivity index (χ1v) is 17.2. The molecule has 0 aliphatic heterocycles. The summed E-state index contributed by atoms with van der Waals surface area (Å²) in [4.78, 5) is 12.4. The van der Waals surface area contributed by atoms with Crippen LogP contribution in [-0.2, 0) is 4.79 Å². The smallest absolute Gasteiger partial charge is 0.249 e. The number of carbonyl (C=O) groups is 1. The Morgan fingerprint density at radius 3 is 1.59 bits per heavy atom. The highest BCUT2D eigenvalue weighted by atomic mass is 16.3. The van der Waals surface area contributed by atoms with Crippen LogP contribution in [0.3, 0.4) is 0 Å². The van der Waals surface area contributed by atoms with Crippen molar-refractivity contribution >= 4 is 5.91 Å². The monoisotopic (exact) mass is 582 g/mol. The number of amides is 1. The molecule has 6 nitrogen and oxygen atoms in total. The van der Waals surface area contributed by atoms with Gasteiger partial charge in [-0.2, -0.15) is 0 Å². The summed E-state index contributed by atoms with van der Waals surface area (Å²) in [6, 6.07) is -1.00.